The smallest absolute Gasteiger partial charge is 0.141 e. The van der Waals surface area contributed by atoms with Gasteiger partial charge in [-0.2, -0.15) is 5.10 Å². The molecule has 1 aromatic carbocycles. The van der Waals surface area contributed by atoms with E-state index in [4.69, 9.17) is 0 Å². The second-order valence-corrected chi connectivity index (χ2v) is 4.23. The van der Waals surface area contributed by atoms with Crippen molar-refractivity contribution in [2.75, 3.05) is 0 Å². The number of hydrogen-bond donors (Lipinski definition) is 0. The predicted octanol–water partition coefficient (Wildman–Crippen LogP) is 0.314. The molecule has 0 unspecified atom stereocenters. The largest absolute Gasteiger partial charge is 0.545 e. The molecule has 0 aliphatic rings. The average molecular weight is 280 g/mol. The summed E-state index contributed by atoms with van der Waals surface area (Å²) in [5, 5.41) is 22.4. The van der Waals surface area contributed by atoms with E-state index in [0.29, 0.717) is 5.69 Å². The van der Waals surface area contributed by atoms with Crippen molar-refractivity contribution in [3.05, 3.63) is 66.5 Å². The lowest BCUT2D eigenvalue weighted by Crippen LogP contribution is -2.22. The van der Waals surface area contributed by atoms with E-state index in [1.807, 2.05) is 29.0 Å². The van der Waals surface area contributed by atoms with E-state index in [0.717, 1.165) is 5.69 Å². The molecule has 2 aromatic heterocycles. The zero-order valence-corrected chi connectivity index (χ0v) is 10.8. The Morgan fingerprint density at radius 3 is 2.76 bits per heavy atom. The first-order valence-electron chi connectivity index (χ1n) is 6.12. The minimum Gasteiger partial charge on any atom is -0.545 e. The number of nitrogens with zero attached hydrogens (tertiary/aromatic N) is 5. The Morgan fingerprint density at radius 2 is 2.00 bits per heavy atom. The highest BCUT2D eigenvalue weighted by atomic mass is 16.4. The van der Waals surface area contributed by atoms with Gasteiger partial charge in [0.15, 0.2) is 0 Å². The van der Waals surface area contributed by atoms with Crippen LogP contribution in [-0.4, -0.2) is 31.6 Å². The lowest BCUT2D eigenvalue weighted by Gasteiger charge is -2.09. The van der Waals surface area contributed by atoms with Gasteiger partial charge in [0.2, 0.25) is 0 Å². The van der Waals surface area contributed by atoms with Crippen molar-refractivity contribution < 1.29 is 9.90 Å². The van der Waals surface area contributed by atoms with E-state index in [1.54, 1.807) is 18.3 Å². The van der Waals surface area contributed by atoms with Gasteiger partial charge >= 0.3 is 0 Å². The summed E-state index contributed by atoms with van der Waals surface area (Å²) in [4.78, 5) is 10.9. The molecule has 0 aliphatic carbocycles. The monoisotopic (exact) mass is 280 g/mol. The van der Waals surface area contributed by atoms with Gasteiger partial charge in [0.25, 0.3) is 0 Å². The van der Waals surface area contributed by atoms with E-state index < -0.39 is 5.97 Å². The summed E-state index contributed by atoms with van der Waals surface area (Å²) in [6, 6.07) is 10.2. The maximum atomic E-state index is 10.9. The molecule has 0 amide bonds. The van der Waals surface area contributed by atoms with Gasteiger partial charge in [-0.3, -0.25) is 0 Å². The number of hydrogen-bond acceptors (Lipinski definition) is 5. The highest BCUT2D eigenvalue weighted by Gasteiger charge is 2.03. The zero-order chi connectivity index (χ0) is 14.7. The van der Waals surface area contributed by atoms with Crippen LogP contribution in [0.4, 0.5) is 0 Å². The molecular formula is C14H10N5O2-. The van der Waals surface area contributed by atoms with Crippen LogP contribution in [0.1, 0.15) is 16.1 Å². The molecule has 7 heteroatoms. The molecule has 0 saturated heterocycles. The molecule has 0 spiro atoms. The number of carboxylic acid groups (broad SMARTS) is 1. The van der Waals surface area contributed by atoms with Crippen LogP contribution in [0.3, 0.4) is 0 Å². The third kappa shape index (κ3) is 2.71. The van der Waals surface area contributed by atoms with E-state index in [1.165, 1.54) is 23.4 Å². The van der Waals surface area contributed by atoms with Crippen molar-refractivity contribution in [3.8, 4) is 5.69 Å². The summed E-state index contributed by atoms with van der Waals surface area (Å²) >= 11 is 0. The molecule has 21 heavy (non-hydrogen) atoms. The average Bonchev–Trinajstić information content (AvgIpc) is 3.16. The van der Waals surface area contributed by atoms with Crippen molar-refractivity contribution in [1.82, 2.24) is 19.4 Å². The highest BCUT2D eigenvalue weighted by Crippen LogP contribution is 2.13. The number of carboxylic acids is 1. The Kier molecular flexibility index (Phi) is 3.30. The first-order chi connectivity index (χ1) is 10.2. The Bertz CT molecular complexity index is 789. The zero-order valence-electron chi connectivity index (χ0n) is 10.8. The van der Waals surface area contributed by atoms with Crippen LogP contribution in [0, 0.1) is 0 Å². The number of aromatic nitrogens is 4. The SMILES string of the molecule is O=C([O-])c1cccc(-n2cccc2/C=N\n2cnnc2)c1. The number of rotatable bonds is 4. The van der Waals surface area contributed by atoms with Gasteiger partial charge in [0, 0.05) is 11.9 Å². The van der Waals surface area contributed by atoms with Gasteiger partial charge in [-0.15, -0.1) is 10.2 Å². The molecule has 7 nitrogen and oxygen atoms in total. The topological polar surface area (TPSA) is 88.1 Å². The molecule has 104 valence electrons. The van der Waals surface area contributed by atoms with Crippen molar-refractivity contribution >= 4 is 12.2 Å². The fourth-order valence-corrected chi connectivity index (χ4v) is 1.90. The second-order valence-electron chi connectivity index (χ2n) is 4.23. The fourth-order valence-electron chi connectivity index (χ4n) is 1.90. The predicted molar refractivity (Wildman–Crippen MR) is 73.1 cm³/mol. The van der Waals surface area contributed by atoms with Crippen LogP contribution in [-0.2, 0) is 0 Å². The molecule has 0 fully saturated rings. The van der Waals surface area contributed by atoms with Crippen LogP contribution in [0.25, 0.3) is 5.69 Å². The number of carbonyl (C=O) groups excluding carboxylic acids is 1. The maximum Gasteiger partial charge on any atom is 0.141 e. The standard InChI is InChI=1S/C14H11N5O2/c20-14(21)11-3-1-4-12(7-11)19-6-2-5-13(19)8-17-18-9-15-16-10-18/h1-10H,(H,20,21)/p-1/b17-8-. The van der Waals surface area contributed by atoms with Gasteiger partial charge in [-0.1, -0.05) is 12.1 Å². The molecule has 0 radical (unpaired) electrons. The molecule has 3 aromatic rings. The lowest BCUT2D eigenvalue weighted by molar-refractivity contribution is -0.255. The van der Waals surface area contributed by atoms with Gasteiger partial charge in [0.1, 0.15) is 12.7 Å². The Morgan fingerprint density at radius 1 is 1.19 bits per heavy atom. The summed E-state index contributed by atoms with van der Waals surface area (Å²) in [6.45, 7) is 0. The van der Waals surface area contributed by atoms with Gasteiger partial charge in [-0.05, 0) is 29.8 Å². The van der Waals surface area contributed by atoms with Crippen LogP contribution >= 0.6 is 0 Å². The van der Waals surface area contributed by atoms with Crippen molar-refractivity contribution in [1.29, 1.82) is 0 Å². The quantitative estimate of drug-likeness (QED) is 0.644. The number of aromatic carboxylic acids is 1. The summed E-state index contributed by atoms with van der Waals surface area (Å²) in [5.74, 6) is -1.20. The Labute approximate surface area is 119 Å². The van der Waals surface area contributed by atoms with E-state index >= 15 is 0 Å². The molecule has 0 bridgehead atoms. The molecule has 2 heterocycles. The Balaban J connectivity index is 1.95. The molecule has 0 aliphatic heterocycles. The summed E-state index contributed by atoms with van der Waals surface area (Å²) in [7, 11) is 0. The number of carbonyl (C=O) groups is 1. The Hall–Kier alpha value is -3.22. The molecule has 0 saturated carbocycles. The first-order valence-corrected chi connectivity index (χ1v) is 6.12. The van der Waals surface area contributed by atoms with E-state index in [-0.39, 0.29) is 5.56 Å². The van der Waals surface area contributed by atoms with E-state index in [2.05, 4.69) is 15.3 Å². The summed E-state index contributed by atoms with van der Waals surface area (Å²) in [6.07, 6.45) is 6.40. The second kappa shape index (κ2) is 5.41. The minimum absolute atomic E-state index is 0.128. The third-order valence-corrected chi connectivity index (χ3v) is 2.87. The van der Waals surface area contributed by atoms with E-state index in [9.17, 15) is 9.90 Å². The van der Waals surface area contributed by atoms with Crippen LogP contribution in [0.15, 0.2) is 60.4 Å². The summed E-state index contributed by atoms with van der Waals surface area (Å²) in [5.41, 5.74) is 1.63. The van der Waals surface area contributed by atoms with Crippen molar-refractivity contribution in [2.24, 2.45) is 5.10 Å². The van der Waals surface area contributed by atoms with Crippen molar-refractivity contribution in [3.63, 3.8) is 0 Å². The van der Waals surface area contributed by atoms with Gasteiger partial charge in [0.05, 0.1) is 17.9 Å². The van der Waals surface area contributed by atoms with Gasteiger partial charge < -0.3 is 14.5 Å². The number of benzene rings is 1. The highest BCUT2D eigenvalue weighted by molar-refractivity contribution is 5.86. The third-order valence-electron chi connectivity index (χ3n) is 2.87. The maximum absolute atomic E-state index is 10.9. The lowest BCUT2D eigenvalue weighted by atomic mass is 10.2. The fraction of sp³-hybridized carbons (Fsp3) is 0. The molecular weight excluding hydrogens is 270 g/mol. The first kappa shape index (κ1) is 12.8. The van der Waals surface area contributed by atoms with Crippen LogP contribution in [0.5, 0.6) is 0 Å². The van der Waals surface area contributed by atoms with Crippen molar-refractivity contribution in [2.45, 2.75) is 0 Å². The molecule has 0 atom stereocenters. The molecule has 0 N–H and O–H groups in total. The van der Waals surface area contributed by atoms with Gasteiger partial charge in [-0.25, -0.2) is 4.68 Å². The van der Waals surface area contributed by atoms with Crippen LogP contribution in [0.2, 0.25) is 0 Å². The molecule has 3 rings (SSSR count). The summed E-state index contributed by atoms with van der Waals surface area (Å²) < 4.78 is 3.29. The van der Waals surface area contributed by atoms with Crippen LogP contribution < -0.4 is 5.11 Å². The minimum atomic E-state index is -1.20. The normalized spacial score (nSPS) is 11.0.